The van der Waals surface area contributed by atoms with Crippen LogP contribution in [-0.2, 0) is 6.42 Å². The second-order valence-corrected chi connectivity index (χ2v) is 3.91. The number of ether oxygens (including phenoxy) is 1. The minimum absolute atomic E-state index is 0.556. The summed E-state index contributed by atoms with van der Waals surface area (Å²) in [5, 5.41) is 0. The van der Waals surface area contributed by atoms with Gasteiger partial charge in [-0.25, -0.2) is 9.97 Å². The lowest BCUT2D eigenvalue weighted by molar-refractivity contribution is 0.307. The quantitative estimate of drug-likeness (QED) is 0.806. The Morgan fingerprint density at radius 3 is 2.88 bits per heavy atom. The fourth-order valence-corrected chi connectivity index (χ4v) is 1.49. The average molecular weight is 280 g/mol. The van der Waals surface area contributed by atoms with Crippen LogP contribution in [0.4, 0.5) is 0 Å². The monoisotopic (exact) mass is 279 g/mol. The van der Waals surface area contributed by atoms with Gasteiger partial charge in [-0.15, -0.1) is 0 Å². The molecule has 0 aromatic carbocycles. The lowest BCUT2D eigenvalue weighted by atomic mass is 10.3. The summed E-state index contributed by atoms with van der Waals surface area (Å²) in [5.74, 6) is 0.567. The maximum Gasteiger partial charge on any atom is 0.217 e. The van der Waals surface area contributed by atoms with E-state index in [2.05, 4.69) is 30.9 Å². The van der Waals surface area contributed by atoms with Crippen LogP contribution < -0.4 is 4.74 Å². The van der Waals surface area contributed by atoms with Gasteiger partial charge in [0.05, 0.1) is 6.61 Å². The zero-order valence-corrected chi connectivity index (χ0v) is 10.1. The molecule has 16 heavy (non-hydrogen) atoms. The first-order valence-corrected chi connectivity index (χ1v) is 5.64. The molecule has 0 aliphatic carbocycles. The molecule has 0 bridgehead atoms. The summed E-state index contributed by atoms with van der Waals surface area (Å²) < 4.78 is 6.19. The van der Waals surface area contributed by atoms with E-state index >= 15 is 0 Å². The minimum Gasteiger partial charge on any atom is -0.477 e. The van der Waals surface area contributed by atoms with Crippen molar-refractivity contribution >= 4 is 15.9 Å². The second kappa shape index (κ2) is 5.55. The van der Waals surface area contributed by atoms with Crippen LogP contribution in [0.5, 0.6) is 5.88 Å². The van der Waals surface area contributed by atoms with Gasteiger partial charge >= 0.3 is 0 Å². The Balaban J connectivity index is 1.85. The Morgan fingerprint density at radius 1 is 1.19 bits per heavy atom. The van der Waals surface area contributed by atoms with Crippen molar-refractivity contribution in [3.63, 3.8) is 0 Å². The third-order valence-corrected chi connectivity index (χ3v) is 2.38. The Labute approximate surface area is 102 Å². The zero-order valence-electron chi connectivity index (χ0n) is 8.51. The average Bonchev–Trinajstić information content (AvgIpc) is 2.30. The van der Waals surface area contributed by atoms with Gasteiger partial charge in [0.25, 0.3) is 0 Å². The van der Waals surface area contributed by atoms with E-state index in [0.29, 0.717) is 12.5 Å². The first kappa shape index (κ1) is 11.0. The number of pyridine rings is 1. The minimum atomic E-state index is 0.556. The van der Waals surface area contributed by atoms with Crippen molar-refractivity contribution in [2.24, 2.45) is 0 Å². The fraction of sp³-hybridized carbons (Fsp3) is 0.182. The molecule has 0 atom stereocenters. The molecule has 4 nitrogen and oxygen atoms in total. The molecule has 2 aromatic heterocycles. The number of rotatable bonds is 4. The van der Waals surface area contributed by atoms with Gasteiger partial charge in [-0.1, -0.05) is 6.07 Å². The van der Waals surface area contributed by atoms with Gasteiger partial charge in [-0.05, 0) is 28.1 Å². The fourth-order valence-electron chi connectivity index (χ4n) is 1.20. The molecule has 0 radical (unpaired) electrons. The van der Waals surface area contributed by atoms with E-state index in [1.54, 1.807) is 12.3 Å². The molecule has 0 spiro atoms. The number of nitrogens with zero attached hydrogens (tertiary/aromatic N) is 3. The van der Waals surface area contributed by atoms with Crippen molar-refractivity contribution in [3.05, 3.63) is 47.1 Å². The molecule has 82 valence electrons. The van der Waals surface area contributed by atoms with Crippen LogP contribution in [0.1, 0.15) is 5.69 Å². The summed E-state index contributed by atoms with van der Waals surface area (Å²) in [6, 6.07) is 7.56. The smallest absolute Gasteiger partial charge is 0.217 e. The first-order valence-electron chi connectivity index (χ1n) is 4.85. The maximum absolute atomic E-state index is 5.47. The van der Waals surface area contributed by atoms with Gasteiger partial charge in [-0.3, -0.25) is 4.98 Å². The van der Waals surface area contributed by atoms with Gasteiger partial charge in [0, 0.05) is 24.4 Å². The van der Waals surface area contributed by atoms with E-state index in [0.717, 1.165) is 16.7 Å². The zero-order chi connectivity index (χ0) is 11.2. The molecule has 0 aliphatic rings. The van der Waals surface area contributed by atoms with Crippen molar-refractivity contribution in [2.75, 3.05) is 6.61 Å². The molecule has 0 saturated heterocycles. The molecule has 2 heterocycles. The SMILES string of the molecule is Brc1cc(OCCc2ccccn2)ncn1. The molecule has 0 aliphatic heterocycles. The van der Waals surface area contributed by atoms with Gasteiger partial charge in [0.2, 0.25) is 5.88 Å². The molecule has 2 rings (SSSR count). The standard InChI is InChI=1S/C11H10BrN3O/c12-10-7-11(15-8-14-10)16-6-4-9-3-1-2-5-13-9/h1-3,5,7-8H,4,6H2. The number of aromatic nitrogens is 3. The van der Waals surface area contributed by atoms with Crippen molar-refractivity contribution in [2.45, 2.75) is 6.42 Å². The van der Waals surface area contributed by atoms with Gasteiger partial charge < -0.3 is 4.74 Å². The lowest BCUT2D eigenvalue weighted by Crippen LogP contribution is -2.03. The van der Waals surface area contributed by atoms with E-state index in [9.17, 15) is 0 Å². The highest BCUT2D eigenvalue weighted by molar-refractivity contribution is 9.10. The Kier molecular flexibility index (Phi) is 3.82. The predicted octanol–water partition coefficient (Wildman–Crippen LogP) is 2.26. The van der Waals surface area contributed by atoms with Crippen molar-refractivity contribution in [1.29, 1.82) is 0 Å². The van der Waals surface area contributed by atoms with Crippen LogP contribution in [0.3, 0.4) is 0 Å². The van der Waals surface area contributed by atoms with Gasteiger partial charge in [0.15, 0.2) is 0 Å². The molecule has 2 aromatic rings. The third kappa shape index (κ3) is 3.27. The van der Waals surface area contributed by atoms with Gasteiger partial charge in [0.1, 0.15) is 10.9 Å². The van der Waals surface area contributed by atoms with Crippen LogP contribution >= 0.6 is 15.9 Å². The molecule has 0 amide bonds. The lowest BCUT2D eigenvalue weighted by Gasteiger charge is -2.04. The highest BCUT2D eigenvalue weighted by Gasteiger charge is 1.98. The summed E-state index contributed by atoms with van der Waals surface area (Å²) in [6.07, 6.45) is 4.00. The van der Waals surface area contributed by atoms with Crippen LogP contribution in [0.25, 0.3) is 0 Å². The summed E-state index contributed by atoms with van der Waals surface area (Å²) in [7, 11) is 0. The topological polar surface area (TPSA) is 47.9 Å². The highest BCUT2D eigenvalue weighted by Crippen LogP contribution is 2.11. The maximum atomic E-state index is 5.47. The summed E-state index contributed by atoms with van der Waals surface area (Å²) >= 11 is 3.26. The molecular weight excluding hydrogens is 270 g/mol. The molecular formula is C11H10BrN3O. The second-order valence-electron chi connectivity index (χ2n) is 3.10. The Hall–Kier alpha value is -1.49. The molecule has 5 heteroatoms. The van der Waals surface area contributed by atoms with E-state index in [1.807, 2.05) is 18.2 Å². The normalized spacial score (nSPS) is 10.1. The predicted molar refractivity (Wildman–Crippen MR) is 63.2 cm³/mol. The number of hydrogen-bond donors (Lipinski definition) is 0. The largest absolute Gasteiger partial charge is 0.477 e. The number of hydrogen-bond acceptors (Lipinski definition) is 4. The number of halogens is 1. The van der Waals surface area contributed by atoms with E-state index in [1.165, 1.54) is 6.33 Å². The van der Waals surface area contributed by atoms with Crippen molar-refractivity contribution in [3.8, 4) is 5.88 Å². The summed E-state index contributed by atoms with van der Waals surface area (Å²) in [5.41, 5.74) is 1.01. The van der Waals surface area contributed by atoms with Crippen LogP contribution in [0.2, 0.25) is 0 Å². The van der Waals surface area contributed by atoms with Crippen LogP contribution in [0, 0.1) is 0 Å². The Morgan fingerprint density at radius 2 is 2.12 bits per heavy atom. The molecule has 0 unspecified atom stereocenters. The van der Waals surface area contributed by atoms with Gasteiger partial charge in [-0.2, -0.15) is 0 Å². The molecule has 0 fully saturated rings. The molecule has 0 N–H and O–H groups in total. The third-order valence-electron chi connectivity index (χ3n) is 1.94. The first-order chi connectivity index (χ1) is 7.84. The Bertz CT molecular complexity index is 450. The molecule has 0 saturated carbocycles. The van der Waals surface area contributed by atoms with Crippen LogP contribution in [0.15, 0.2) is 41.4 Å². The summed E-state index contributed by atoms with van der Waals surface area (Å²) in [6.45, 7) is 0.556. The van der Waals surface area contributed by atoms with Crippen molar-refractivity contribution < 1.29 is 4.74 Å². The highest BCUT2D eigenvalue weighted by atomic mass is 79.9. The van der Waals surface area contributed by atoms with Crippen molar-refractivity contribution in [1.82, 2.24) is 15.0 Å². The summed E-state index contributed by atoms with van der Waals surface area (Å²) in [4.78, 5) is 12.1. The van der Waals surface area contributed by atoms with Crippen LogP contribution in [-0.4, -0.2) is 21.6 Å². The van der Waals surface area contributed by atoms with E-state index in [-0.39, 0.29) is 0 Å². The van der Waals surface area contributed by atoms with E-state index < -0.39 is 0 Å². The van der Waals surface area contributed by atoms with E-state index in [4.69, 9.17) is 4.74 Å².